The number of imidazole rings is 1. The van der Waals surface area contributed by atoms with Crippen LogP contribution in [0.1, 0.15) is 38.2 Å². The first-order valence-corrected chi connectivity index (χ1v) is 7.64. The standard InChI is InChI=1S/C15H26N4O/c1-4-12-10-16-14(17-12)9-15(20)19-8-6-7-18(3)11-13(19)5-2/h10,13H,4-9,11H2,1-3H3,(H,16,17). The number of aromatic amines is 1. The molecular formula is C15H26N4O. The van der Waals surface area contributed by atoms with Gasteiger partial charge in [0, 0.05) is 31.0 Å². The van der Waals surface area contributed by atoms with E-state index in [2.05, 4.69) is 40.7 Å². The third-order valence-corrected chi connectivity index (χ3v) is 4.07. The van der Waals surface area contributed by atoms with E-state index in [-0.39, 0.29) is 5.91 Å². The molecule has 0 aromatic carbocycles. The minimum absolute atomic E-state index is 0.198. The van der Waals surface area contributed by atoms with Crippen LogP contribution in [0.15, 0.2) is 6.20 Å². The minimum atomic E-state index is 0.198. The van der Waals surface area contributed by atoms with Gasteiger partial charge < -0.3 is 14.8 Å². The Morgan fingerprint density at radius 2 is 2.25 bits per heavy atom. The Labute approximate surface area is 121 Å². The summed E-state index contributed by atoms with van der Waals surface area (Å²) >= 11 is 0. The van der Waals surface area contributed by atoms with Gasteiger partial charge in [0.15, 0.2) is 0 Å². The lowest BCUT2D eigenvalue weighted by Crippen LogP contribution is -2.44. The van der Waals surface area contributed by atoms with Crippen LogP contribution in [-0.4, -0.2) is 58.4 Å². The van der Waals surface area contributed by atoms with Gasteiger partial charge in [-0.1, -0.05) is 13.8 Å². The van der Waals surface area contributed by atoms with E-state index in [1.807, 2.05) is 6.20 Å². The number of carbonyl (C=O) groups excluding carboxylic acids is 1. The average molecular weight is 278 g/mol. The van der Waals surface area contributed by atoms with Crippen molar-refractivity contribution in [2.75, 3.05) is 26.7 Å². The third kappa shape index (κ3) is 3.60. The lowest BCUT2D eigenvalue weighted by molar-refractivity contribution is -0.132. The van der Waals surface area contributed by atoms with Gasteiger partial charge in [-0.3, -0.25) is 4.79 Å². The van der Waals surface area contributed by atoms with Crippen LogP contribution >= 0.6 is 0 Å². The SMILES string of the molecule is CCc1cnc(CC(=O)N2CCCN(C)CC2CC)[nH]1. The molecule has 1 amide bonds. The summed E-state index contributed by atoms with van der Waals surface area (Å²) in [6, 6.07) is 0.329. The first-order chi connectivity index (χ1) is 9.63. The number of nitrogens with zero attached hydrogens (tertiary/aromatic N) is 3. The van der Waals surface area contributed by atoms with Gasteiger partial charge in [0.25, 0.3) is 0 Å². The van der Waals surface area contributed by atoms with E-state index in [4.69, 9.17) is 0 Å². The minimum Gasteiger partial charge on any atom is -0.345 e. The van der Waals surface area contributed by atoms with E-state index in [9.17, 15) is 4.79 Å². The Kier molecular flexibility index (Phi) is 5.17. The summed E-state index contributed by atoms with van der Waals surface area (Å²) in [5.74, 6) is 0.989. The number of nitrogens with one attached hydrogen (secondary N) is 1. The monoisotopic (exact) mass is 278 g/mol. The molecular weight excluding hydrogens is 252 g/mol. The topological polar surface area (TPSA) is 52.2 Å². The van der Waals surface area contributed by atoms with Crippen LogP contribution in [0, 0.1) is 0 Å². The molecule has 1 saturated heterocycles. The second kappa shape index (κ2) is 6.88. The molecule has 1 atom stereocenters. The predicted octanol–water partition coefficient (Wildman–Crippen LogP) is 1.46. The van der Waals surface area contributed by atoms with E-state index < -0.39 is 0 Å². The third-order valence-electron chi connectivity index (χ3n) is 4.07. The van der Waals surface area contributed by atoms with Crippen molar-refractivity contribution in [3.05, 3.63) is 17.7 Å². The van der Waals surface area contributed by atoms with Crippen molar-refractivity contribution in [2.24, 2.45) is 0 Å². The zero-order valence-corrected chi connectivity index (χ0v) is 12.9. The van der Waals surface area contributed by atoms with Crippen LogP contribution in [0.2, 0.25) is 0 Å². The lowest BCUT2D eigenvalue weighted by atomic mass is 10.1. The molecule has 1 aromatic heterocycles. The van der Waals surface area contributed by atoms with Crippen molar-refractivity contribution in [1.82, 2.24) is 19.8 Å². The van der Waals surface area contributed by atoms with Gasteiger partial charge >= 0.3 is 0 Å². The van der Waals surface area contributed by atoms with Crippen molar-refractivity contribution in [2.45, 2.75) is 45.6 Å². The van der Waals surface area contributed by atoms with E-state index in [1.165, 1.54) is 0 Å². The van der Waals surface area contributed by atoms with Gasteiger partial charge in [-0.2, -0.15) is 0 Å². The van der Waals surface area contributed by atoms with Crippen molar-refractivity contribution in [3.63, 3.8) is 0 Å². The number of aromatic nitrogens is 2. The van der Waals surface area contributed by atoms with E-state index in [0.29, 0.717) is 12.5 Å². The number of aryl methyl sites for hydroxylation is 1. The zero-order chi connectivity index (χ0) is 14.5. The van der Waals surface area contributed by atoms with Gasteiger partial charge in [-0.25, -0.2) is 4.98 Å². The summed E-state index contributed by atoms with van der Waals surface area (Å²) in [5, 5.41) is 0. The van der Waals surface area contributed by atoms with Crippen LogP contribution in [0.25, 0.3) is 0 Å². The molecule has 2 rings (SSSR count). The van der Waals surface area contributed by atoms with E-state index in [0.717, 1.165) is 50.4 Å². The first-order valence-electron chi connectivity index (χ1n) is 7.64. The Morgan fingerprint density at radius 3 is 2.90 bits per heavy atom. The highest BCUT2D eigenvalue weighted by Gasteiger charge is 2.26. The number of H-pyrrole nitrogens is 1. The molecule has 1 N–H and O–H groups in total. The summed E-state index contributed by atoms with van der Waals surface area (Å²) in [6.07, 6.45) is 5.20. The molecule has 0 radical (unpaired) electrons. The fraction of sp³-hybridized carbons (Fsp3) is 0.733. The van der Waals surface area contributed by atoms with Gasteiger partial charge in [-0.15, -0.1) is 0 Å². The molecule has 0 saturated carbocycles. The van der Waals surface area contributed by atoms with Crippen LogP contribution in [0.4, 0.5) is 0 Å². The zero-order valence-electron chi connectivity index (χ0n) is 12.9. The van der Waals surface area contributed by atoms with Crippen LogP contribution in [0.3, 0.4) is 0 Å². The number of hydrogen-bond donors (Lipinski definition) is 1. The molecule has 1 aliphatic heterocycles. The maximum Gasteiger partial charge on any atom is 0.230 e. The molecule has 20 heavy (non-hydrogen) atoms. The first kappa shape index (κ1) is 15.0. The normalized spacial score (nSPS) is 20.9. The Hall–Kier alpha value is -1.36. The van der Waals surface area contributed by atoms with Gasteiger partial charge in [-0.05, 0) is 32.9 Å². The molecule has 2 heterocycles. The van der Waals surface area contributed by atoms with Crippen molar-refractivity contribution >= 4 is 5.91 Å². The van der Waals surface area contributed by atoms with Crippen molar-refractivity contribution in [1.29, 1.82) is 0 Å². The molecule has 5 heteroatoms. The molecule has 1 aromatic rings. The molecule has 1 aliphatic rings. The maximum absolute atomic E-state index is 12.5. The second-order valence-electron chi connectivity index (χ2n) is 5.65. The van der Waals surface area contributed by atoms with Crippen LogP contribution < -0.4 is 0 Å². The highest BCUT2D eigenvalue weighted by Crippen LogP contribution is 2.13. The van der Waals surface area contributed by atoms with Crippen molar-refractivity contribution in [3.8, 4) is 0 Å². The summed E-state index contributed by atoms with van der Waals surface area (Å²) in [6.45, 7) is 7.15. The number of carbonyl (C=O) groups is 1. The molecule has 0 bridgehead atoms. The molecule has 112 valence electrons. The Balaban J connectivity index is 2.02. The van der Waals surface area contributed by atoms with Gasteiger partial charge in [0.2, 0.25) is 5.91 Å². The Morgan fingerprint density at radius 1 is 1.45 bits per heavy atom. The number of amides is 1. The van der Waals surface area contributed by atoms with E-state index in [1.54, 1.807) is 0 Å². The summed E-state index contributed by atoms with van der Waals surface area (Å²) in [7, 11) is 2.14. The largest absolute Gasteiger partial charge is 0.345 e. The van der Waals surface area contributed by atoms with Crippen LogP contribution in [0.5, 0.6) is 0 Å². The molecule has 0 spiro atoms. The van der Waals surface area contributed by atoms with Gasteiger partial charge in [0.05, 0.1) is 6.42 Å². The number of hydrogen-bond acceptors (Lipinski definition) is 3. The highest BCUT2D eigenvalue weighted by molar-refractivity contribution is 5.78. The molecule has 0 aliphatic carbocycles. The Bertz CT molecular complexity index is 443. The van der Waals surface area contributed by atoms with E-state index >= 15 is 0 Å². The highest BCUT2D eigenvalue weighted by atomic mass is 16.2. The second-order valence-corrected chi connectivity index (χ2v) is 5.65. The number of likely N-dealkylation sites (N-methyl/N-ethyl adjacent to an activating group) is 1. The molecule has 1 unspecified atom stereocenters. The van der Waals surface area contributed by atoms with Crippen molar-refractivity contribution < 1.29 is 4.79 Å². The smallest absolute Gasteiger partial charge is 0.230 e. The van der Waals surface area contributed by atoms with Crippen LogP contribution in [-0.2, 0) is 17.6 Å². The fourth-order valence-corrected chi connectivity index (χ4v) is 2.84. The summed E-state index contributed by atoms with van der Waals surface area (Å²) in [5.41, 5.74) is 1.09. The van der Waals surface area contributed by atoms with Gasteiger partial charge in [0.1, 0.15) is 5.82 Å². The lowest BCUT2D eigenvalue weighted by Gasteiger charge is -2.30. The number of rotatable bonds is 4. The quantitative estimate of drug-likeness (QED) is 0.907. The predicted molar refractivity (Wildman–Crippen MR) is 79.6 cm³/mol. The maximum atomic E-state index is 12.5. The fourth-order valence-electron chi connectivity index (χ4n) is 2.84. The summed E-state index contributed by atoms with van der Waals surface area (Å²) in [4.78, 5) is 24.4. The molecule has 1 fully saturated rings. The average Bonchev–Trinajstić information content (AvgIpc) is 2.79. The summed E-state index contributed by atoms with van der Waals surface area (Å²) < 4.78 is 0. The molecule has 5 nitrogen and oxygen atoms in total.